The van der Waals surface area contributed by atoms with Crippen molar-refractivity contribution in [3.05, 3.63) is 17.5 Å². The van der Waals surface area contributed by atoms with Crippen LogP contribution < -0.4 is 5.32 Å². The number of anilines is 1. The third-order valence-electron chi connectivity index (χ3n) is 4.82. The van der Waals surface area contributed by atoms with E-state index < -0.39 is 0 Å². The summed E-state index contributed by atoms with van der Waals surface area (Å²) in [6, 6.07) is 1.68. The molecule has 0 unspecified atom stereocenters. The van der Waals surface area contributed by atoms with Gasteiger partial charge in [0.25, 0.3) is 5.91 Å². The lowest BCUT2D eigenvalue weighted by Gasteiger charge is -2.30. The Morgan fingerprint density at radius 3 is 2.81 bits per heavy atom. The molecule has 1 aliphatic carbocycles. The molecular formula is C17H21N5O3S2. The molecule has 0 bridgehead atoms. The predicted molar refractivity (Wildman–Crippen MR) is 102 cm³/mol. The molecule has 2 aromatic heterocycles. The summed E-state index contributed by atoms with van der Waals surface area (Å²) in [6.07, 6.45) is 4.30. The maximum atomic E-state index is 12.3. The summed E-state index contributed by atoms with van der Waals surface area (Å²) in [6.45, 7) is 3.89. The van der Waals surface area contributed by atoms with Crippen LogP contribution in [0.15, 0.2) is 14.9 Å². The maximum absolute atomic E-state index is 12.3. The molecule has 0 atom stereocenters. The lowest BCUT2D eigenvalue weighted by Crippen LogP contribution is -2.38. The fourth-order valence-electron chi connectivity index (χ4n) is 2.91. The molecule has 4 rings (SSSR count). The summed E-state index contributed by atoms with van der Waals surface area (Å²) in [5, 5.41) is 14.9. The van der Waals surface area contributed by atoms with Gasteiger partial charge >= 0.3 is 0 Å². The molecule has 1 N–H and O–H groups in total. The Bertz CT molecular complexity index is 824. The van der Waals surface area contributed by atoms with Gasteiger partial charge in [-0.05, 0) is 31.6 Å². The van der Waals surface area contributed by atoms with Gasteiger partial charge in [0.05, 0.1) is 5.75 Å². The second-order valence-corrected chi connectivity index (χ2v) is 9.27. The van der Waals surface area contributed by atoms with E-state index in [-0.39, 0.29) is 17.5 Å². The SMILES string of the molecule is CC1CCN(C(=O)CSc2nnc(NC(=O)c3cc(C4CC4)on3)s2)CC1. The van der Waals surface area contributed by atoms with Gasteiger partial charge in [-0.1, -0.05) is 35.2 Å². The molecule has 27 heavy (non-hydrogen) atoms. The number of amides is 2. The molecule has 144 valence electrons. The molecule has 0 aromatic carbocycles. The molecule has 1 aliphatic heterocycles. The summed E-state index contributed by atoms with van der Waals surface area (Å²) >= 11 is 2.60. The first-order chi connectivity index (χ1) is 13.1. The van der Waals surface area contributed by atoms with E-state index >= 15 is 0 Å². The number of hydrogen-bond donors (Lipinski definition) is 1. The van der Waals surface area contributed by atoms with Gasteiger partial charge in [0.2, 0.25) is 11.0 Å². The number of hydrogen-bond acceptors (Lipinski definition) is 8. The smallest absolute Gasteiger partial charge is 0.279 e. The van der Waals surface area contributed by atoms with Crippen molar-refractivity contribution in [1.29, 1.82) is 0 Å². The highest BCUT2D eigenvalue weighted by atomic mass is 32.2. The van der Waals surface area contributed by atoms with Crippen LogP contribution in [0, 0.1) is 5.92 Å². The number of nitrogens with one attached hydrogen (secondary N) is 1. The lowest BCUT2D eigenvalue weighted by molar-refractivity contribution is -0.129. The van der Waals surface area contributed by atoms with Crippen molar-refractivity contribution in [2.24, 2.45) is 5.92 Å². The van der Waals surface area contributed by atoms with Crippen LogP contribution in [-0.2, 0) is 4.79 Å². The Balaban J connectivity index is 1.26. The van der Waals surface area contributed by atoms with Crippen molar-refractivity contribution in [3.63, 3.8) is 0 Å². The van der Waals surface area contributed by atoms with E-state index in [9.17, 15) is 9.59 Å². The Labute approximate surface area is 165 Å². The van der Waals surface area contributed by atoms with Gasteiger partial charge in [0.1, 0.15) is 5.76 Å². The molecule has 0 spiro atoms. The highest BCUT2D eigenvalue weighted by Gasteiger charge is 2.29. The Hall–Kier alpha value is -1.94. The fourth-order valence-corrected chi connectivity index (χ4v) is 4.56. The van der Waals surface area contributed by atoms with Gasteiger partial charge in [-0.3, -0.25) is 14.9 Å². The fraction of sp³-hybridized carbons (Fsp3) is 0.588. The van der Waals surface area contributed by atoms with E-state index in [1.807, 2.05) is 4.90 Å². The average molecular weight is 408 g/mol. The van der Waals surface area contributed by atoms with Crippen LogP contribution in [0.2, 0.25) is 0 Å². The number of likely N-dealkylation sites (tertiary alicyclic amines) is 1. The topological polar surface area (TPSA) is 101 Å². The third-order valence-corrected chi connectivity index (χ3v) is 6.78. The van der Waals surface area contributed by atoms with E-state index in [1.54, 1.807) is 6.07 Å². The number of rotatable bonds is 6. The maximum Gasteiger partial charge on any atom is 0.279 e. The summed E-state index contributed by atoms with van der Waals surface area (Å²) < 4.78 is 5.85. The van der Waals surface area contributed by atoms with Crippen molar-refractivity contribution in [2.75, 3.05) is 24.2 Å². The number of aromatic nitrogens is 3. The van der Waals surface area contributed by atoms with Crippen molar-refractivity contribution >= 4 is 40.0 Å². The lowest BCUT2D eigenvalue weighted by atomic mass is 9.99. The van der Waals surface area contributed by atoms with Crippen molar-refractivity contribution in [3.8, 4) is 0 Å². The third kappa shape index (κ3) is 4.67. The van der Waals surface area contributed by atoms with E-state index in [0.29, 0.717) is 27.1 Å². The molecule has 0 radical (unpaired) electrons. The standard InChI is InChI=1S/C17H21N5O3S2/c1-10-4-6-22(7-5-10)14(23)9-26-17-20-19-16(27-17)18-15(24)12-8-13(25-21-12)11-2-3-11/h8,10-11H,2-7,9H2,1H3,(H,18,19,24). The Morgan fingerprint density at radius 2 is 2.07 bits per heavy atom. The normalized spacial score (nSPS) is 17.9. The minimum absolute atomic E-state index is 0.128. The number of piperidine rings is 1. The van der Waals surface area contributed by atoms with E-state index in [2.05, 4.69) is 27.6 Å². The van der Waals surface area contributed by atoms with Gasteiger partial charge in [-0.15, -0.1) is 10.2 Å². The summed E-state index contributed by atoms with van der Waals surface area (Å²) in [5.41, 5.74) is 0.246. The summed E-state index contributed by atoms with van der Waals surface area (Å²) in [7, 11) is 0. The van der Waals surface area contributed by atoms with Crippen LogP contribution in [0.3, 0.4) is 0 Å². The zero-order valence-corrected chi connectivity index (χ0v) is 16.6. The van der Waals surface area contributed by atoms with Gasteiger partial charge in [-0.25, -0.2) is 0 Å². The molecule has 3 heterocycles. The molecule has 2 fully saturated rings. The minimum atomic E-state index is -0.364. The molecule has 10 heteroatoms. The van der Waals surface area contributed by atoms with Crippen molar-refractivity contribution in [1.82, 2.24) is 20.3 Å². The highest BCUT2D eigenvalue weighted by Crippen LogP contribution is 2.40. The van der Waals surface area contributed by atoms with Crippen LogP contribution >= 0.6 is 23.1 Å². The molecular weight excluding hydrogens is 386 g/mol. The summed E-state index contributed by atoms with van der Waals surface area (Å²) in [5.74, 6) is 1.97. The number of carbonyl (C=O) groups is 2. The molecule has 8 nitrogen and oxygen atoms in total. The molecule has 2 amide bonds. The van der Waals surface area contributed by atoms with Crippen LogP contribution in [0.4, 0.5) is 5.13 Å². The monoisotopic (exact) mass is 407 g/mol. The number of nitrogens with zero attached hydrogens (tertiary/aromatic N) is 4. The van der Waals surface area contributed by atoms with Gasteiger partial charge in [-0.2, -0.15) is 0 Å². The van der Waals surface area contributed by atoms with Crippen molar-refractivity contribution < 1.29 is 14.1 Å². The van der Waals surface area contributed by atoms with Crippen LogP contribution in [0.25, 0.3) is 0 Å². The number of thioether (sulfide) groups is 1. The zero-order valence-electron chi connectivity index (χ0n) is 15.0. The van der Waals surface area contributed by atoms with E-state index in [1.165, 1.54) is 23.1 Å². The molecule has 1 saturated heterocycles. The van der Waals surface area contributed by atoms with E-state index in [0.717, 1.165) is 44.5 Å². The van der Waals surface area contributed by atoms with Gasteiger partial charge in [0, 0.05) is 25.1 Å². The van der Waals surface area contributed by atoms with E-state index in [4.69, 9.17) is 4.52 Å². The average Bonchev–Trinajstić information content (AvgIpc) is 3.22. The quantitative estimate of drug-likeness (QED) is 0.580. The highest BCUT2D eigenvalue weighted by molar-refractivity contribution is 8.01. The molecule has 1 saturated carbocycles. The summed E-state index contributed by atoms with van der Waals surface area (Å²) in [4.78, 5) is 26.4. The Kier molecular flexibility index (Phi) is 5.44. The Morgan fingerprint density at radius 1 is 1.30 bits per heavy atom. The first-order valence-electron chi connectivity index (χ1n) is 9.10. The van der Waals surface area contributed by atoms with Crippen LogP contribution in [-0.4, -0.2) is 50.9 Å². The van der Waals surface area contributed by atoms with Crippen LogP contribution in [0.5, 0.6) is 0 Å². The second-order valence-electron chi connectivity index (χ2n) is 7.07. The first-order valence-corrected chi connectivity index (χ1v) is 10.9. The minimum Gasteiger partial charge on any atom is -0.360 e. The van der Waals surface area contributed by atoms with Gasteiger partial charge < -0.3 is 9.42 Å². The van der Waals surface area contributed by atoms with Crippen LogP contribution in [0.1, 0.15) is 54.8 Å². The predicted octanol–water partition coefficient (Wildman–Crippen LogP) is 3.01. The van der Waals surface area contributed by atoms with Crippen molar-refractivity contribution in [2.45, 2.75) is 42.9 Å². The first kappa shape index (κ1) is 18.4. The van der Waals surface area contributed by atoms with Gasteiger partial charge in [0.15, 0.2) is 10.0 Å². The largest absolute Gasteiger partial charge is 0.360 e. The zero-order chi connectivity index (χ0) is 18.8. The molecule has 2 aromatic rings. The second kappa shape index (κ2) is 7.97. The number of carbonyl (C=O) groups excluding carboxylic acids is 2. The molecule has 2 aliphatic rings.